The third-order valence-corrected chi connectivity index (χ3v) is 3.67. The molecule has 0 spiro atoms. The molecule has 25 heavy (non-hydrogen) atoms. The Labute approximate surface area is 140 Å². The van der Waals surface area contributed by atoms with Gasteiger partial charge in [-0.25, -0.2) is 4.98 Å². The summed E-state index contributed by atoms with van der Waals surface area (Å²) in [5.74, 6) is 0.800. The van der Waals surface area contributed by atoms with E-state index in [9.17, 15) is 10.1 Å². The first-order valence-corrected chi connectivity index (χ1v) is 7.23. The molecule has 0 aliphatic carbocycles. The third-order valence-electron chi connectivity index (χ3n) is 3.67. The molecule has 0 unspecified atom stereocenters. The molecule has 2 heterocycles. The monoisotopic (exact) mass is 337 g/mol. The molecule has 0 saturated carbocycles. The zero-order valence-electron chi connectivity index (χ0n) is 12.9. The zero-order valence-corrected chi connectivity index (χ0v) is 12.9. The van der Waals surface area contributed by atoms with Crippen molar-refractivity contribution in [3.05, 3.63) is 52.6 Å². The van der Waals surface area contributed by atoms with Crippen molar-refractivity contribution in [3.8, 4) is 5.75 Å². The molecule has 124 valence electrons. The summed E-state index contributed by atoms with van der Waals surface area (Å²) in [6.07, 6.45) is 0. The van der Waals surface area contributed by atoms with E-state index in [4.69, 9.17) is 4.74 Å². The molecule has 2 aromatic heterocycles. The Morgan fingerprint density at radius 3 is 2.88 bits per heavy atom. The highest BCUT2D eigenvalue weighted by atomic mass is 16.6. The first kappa shape index (κ1) is 14.8. The first-order chi connectivity index (χ1) is 12.2. The SMILES string of the molecule is COc1ccc([N+](=O)[O-])cc1Nc1nc2ccccc2n2nnnc12. The van der Waals surface area contributed by atoms with Crippen LogP contribution in [-0.2, 0) is 0 Å². The summed E-state index contributed by atoms with van der Waals surface area (Å²) < 4.78 is 6.81. The molecule has 0 radical (unpaired) electrons. The Morgan fingerprint density at radius 2 is 2.08 bits per heavy atom. The fourth-order valence-electron chi connectivity index (χ4n) is 2.52. The minimum absolute atomic E-state index is 0.0697. The van der Waals surface area contributed by atoms with Crippen molar-refractivity contribution in [3.63, 3.8) is 0 Å². The van der Waals surface area contributed by atoms with E-state index >= 15 is 0 Å². The van der Waals surface area contributed by atoms with E-state index in [1.54, 1.807) is 4.52 Å². The quantitative estimate of drug-likeness (QED) is 0.445. The molecule has 10 nitrogen and oxygen atoms in total. The third kappa shape index (κ3) is 2.45. The van der Waals surface area contributed by atoms with Gasteiger partial charge in [0.1, 0.15) is 5.75 Å². The highest BCUT2D eigenvalue weighted by Gasteiger charge is 2.16. The van der Waals surface area contributed by atoms with Crippen molar-refractivity contribution in [2.24, 2.45) is 0 Å². The van der Waals surface area contributed by atoms with E-state index in [-0.39, 0.29) is 5.69 Å². The van der Waals surface area contributed by atoms with Crippen LogP contribution in [-0.4, -0.2) is 37.1 Å². The summed E-state index contributed by atoms with van der Waals surface area (Å²) in [6.45, 7) is 0. The largest absolute Gasteiger partial charge is 0.495 e. The van der Waals surface area contributed by atoms with Crippen LogP contribution in [0, 0.1) is 10.1 Å². The topological polar surface area (TPSA) is 120 Å². The van der Waals surface area contributed by atoms with Gasteiger partial charge < -0.3 is 10.1 Å². The van der Waals surface area contributed by atoms with Gasteiger partial charge in [0.2, 0.25) is 5.65 Å². The summed E-state index contributed by atoms with van der Waals surface area (Å²) >= 11 is 0. The van der Waals surface area contributed by atoms with Gasteiger partial charge in [0, 0.05) is 12.1 Å². The van der Waals surface area contributed by atoms with Gasteiger partial charge in [-0.3, -0.25) is 10.1 Å². The molecule has 0 fully saturated rings. The van der Waals surface area contributed by atoms with Crippen LogP contribution in [0.15, 0.2) is 42.5 Å². The number of para-hydroxylation sites is 2. The minimum atomic E-state index is -0.480. The zero-order chi connectivity index (χ0) is 17.4. The van der Waals surface area contributed by atoms with Crippen molar-refractivity contribution in [1.29, 1.82) is 0 Å². The lowest BCUT2D eigenvalue weighted by molar-refractivity contribution is -0.384. The number of methoxy groups -OCH3 is 1. The Bertz CT molecular complexity index is 1110. The molecule has 0 amide bonds. The number of nitrogens with one attached hydrogen (secondary N) is 1. The summed E-state index contributed by atoms with van der Waals surface area (Å²) in [6, 6.07) is 11.6. The number of rotatable bonds is 4. The van der Waals surface area contributed by atoms with Gasteiger partial charge in [-0.1, -0.05) is 12.1 Å². The Balaban J connectivity index is 1.89. The first-order valence-electron chi connectivity index (χ1n) is 7.23. The number of hydrogen-bond donors (Lipinski definition) is 1. The molecule has 10 heteroatoms. The average molecular weight is 337 g/mol. The maximum Gasteiger partial charge on any atom is 0.271 e. The predicted octanol–water partition coefficient (Wildman–Crippen LogP) is 2.33. The minimum Gasteiger partial charge on any atom is -0.495 e. The summed E-state index contributed by atoms with van der Waals surface area (Å²) in [5.41, 5.74) is 2.14. The van der Waals surface area contributed by atoms with Crippen LogP contribution in [0.25, 0.3) is 16.7 Å². The number of hydrogen-bond acceptors (Lipinski definition) is 8. The van der Waals surface area contributed by atoms with E-state index in [1.165, 1.54) is 25.3 Å². The molecule has 0 aliphatic rings. The van der Waals surface area contributed by atoms with Crippen LogP contribution < -0.4 is 10.1 Å². The fraction of sp³-hybridized carbons (Fsp3) is 0.0667. The maximum absolute atomic E-state index is 11.0. The summed E-state index contributed by atoms with van der Waals surface area (Å²) in [4.78, 5) is 15.1. The number of ether oxygens (including phenoxy) is 1. The molecule has 1 N–H and O–H groups in total. The standard InChI is InChI=1S/C15H11N7O3/c1-25-13-7-6-9(22(23)24)8-11(13)17-14-15-18-19-20-21(15)12-5-3-2-4-10(12)16-14/h2-8H,1H3,(H,16,17). The van der Waals surface area contributed by atoms with Crippen molar-refractivity contribution >= 4 is 33.9 Å². The molecule has 0 aliphatic heterocycles. The van der Waals surface area contributed by atoms with E-state index in [0.717, 1.165) is 5.52 Å². The highest BCUT2D eigenvalue weighted by Crippen LogP contribution is 2.32. The second kappa shape index (κ2) is 5.67. The van der Waals surface area contributed by atoms with Crippen LogP contribution >= 0.6 is 0 Å². The van der Waals surface area contributed by atoms with Crippen LogP contribution in [0.1, 0.15) is 0 Å². The molecule has 0 bridgehead atoms. The van der Waals surface area contributed by atoms with Gasteiger partial charge in [-0.2, -0.15) is 4.52 Å². The molecule has 0 atom stereocenters. The van der Waals surface area contributed by atoms with E-state index in [2.05, 4.69) is 25.8 Å². The van der Waals surface area contributed by atoms with Crippen LogP contribution in [0.3, 0.4) is 0 Å². The van der Waals surface area contributed by atoms with Gasteiger partial charge in [0.25, 0.3) is 5.69 Å². The van der Waals surface area contributed by atoms with Crippen LogP contribution in [0.4, 0.5) is 17.2 Å². The van der Waals surface area contributed by atoms with Gasteiger partial charge in [0.05, 0.1) is 28.8 Å². The molecular weight excluding hydrogens is 326 g/mol. The summed E-state index contributed by atoms with van der Waals surface area (Å²) in [5, 5.41) is 25.7. The van der Waals surface area contributed by atoms with Gasteiger partial charge in [0.15, 0.2) is 5.82 Å². The number of tetrazole rings is 1. The van der Waals surface area contributed by atoms with Crippen molar-refractivity contribution in [2.75, 3.05) is 12.4 Å². The number of non-ortho nitro benzene ring substituents is 1. The van der Waals surface area contributed by atoms with Crippen molar-refractivity contribution in [2.45, 2.75) is 0 Å². The highest BCUT2D eigenvalue weighted by molar-refractivity contribution is 5.84. The predicted molar refractivity (Wildman–Crippen MR) is 89.0 cm³/mol. The van der Waals surface area contributed by atoms with Gasteiger partial charge in [-0.05, 0) is 28.6 Å². The fourth-order valence-corrected chi connectivity index (χ4v) is 2.52. The smallest absolute Gasteiger partial charge is 0.271 e. The van der Waals surface area contributed by atoms with Gasteiger partial charge in [-0.15, -0.1) is 5.10 Å². The normalized spacial score (nSPS) is 10.9. The Hall–Kier alpha value is -3.82. The lowest BCUT2D eigenvalue weighted by Crippen LogP contribution is -2.02. The number of aromatic nitrogens is 5. The number of fused-ring (bicyclic) bond motifs is 3. The molecule has 2 aromatic carbocycles. The van der Waals surface area contributed by atoms with E-state index < -0.39 is 4.92 Å². The Kier molecular flexibility index (Phi) is 3.35. The second-order valence-corrected chi connectivity index (χ2v) is 5.13. The molecule has 4 rings (SSSR count). The number of nitro benzene ring substituents is 1. The summed E-state index contributed by atoms with van der Waals surface area (Å²) in [7, 11) is 1.48. The maximum atomic E-state index is 11.0. The number of anilines is 2. The van der Waals surface area contributed by atoms with Crippen molar-refractivity contribution in [1.82, 2.24) is 25.0 Å². The molecule has 4 aromatic rings. The van der Waals surface area contributed by atoms with Gasteiger partial charge >= 0.3 is 0 Å². The molecule has 0 saturated heterocycles. The molecular formula is C15H11N7O3. The average Bonchev–Trinajstić information content (AvgIpc) is 3.12. The Morgan fingerprint density at radius 1 is 1.24 bits per heavy atom. The van der Waals surface area contributed by atoms with Crippen LogP contribution in [0.5, 0.6) is 5.75 Å². The van der Waals surface area contributed by atoms with Crippen LogP contribution in [0.2, 0.25) is 0 Å². The number of benzene rings is 2. The van der Waals surface area contributed by atoms with E-state index in [0.29, 0.717) is 28.4 Å². The van der Waals surface area contributed by atoms with E-state index in [1.807, 2.05) is 24.3 Å². The number of nitro groups is 1. The lowest BCUT2D eigenvalue weighted by atomic mass is 10.2. The number of nitrogens with zero attached hydrogens (tertiary/aromatic N) is 6. The second-order valence-electron chi connectivity index (χ2n) is 5.13. The van der Waals surface area contributed by atoms with Crippen molar-refractivity contribution < 1.29 is 9.66 Å². The lowest BCUT2D eigenvalue weighted by Gasteiger charge is -2.11.